The maximum atomic E-state index is 13.1. The molecule has 2 aromatic rings. The van der Waals surface area contributed by atoms with Gasteiger partial charge in [-0.25, -0.2) is 13.6 Å². The maximum absolute atomic E-state index is 13.1. The van der Waals surface area contributed by atoms with Crippen LogP contribution < -0.4 is 0 Å². The van der Waals surface area contributed by atoms with E-state index in [1.165, 1.54) is 0 Å². The average molecular weight is 376 g/mol. The summed E-state index contributed by atoms with van der Waals surface area (Å²) < 4.78 is 28.4. The highest BCUT2D eigenvalue weighted by molar-refractivity contribution is 6.05. The molecule has 0 radical (unpaired) electrons. The van der Waals surface area contributed by atoms with Gasteiger partial charge in [-0.3, -0.25) is 4.90 Å². The molecule has 2 heterocycles. The SMILES string of the molecule is Cc1c(C(=O)O)c2ccccc2n1C(C)C1CCC(N2CC(F)(F)C2)CC1. The largest absolute Gasteiger partial charge is 0.478 e. The smallest absolute Gasteiger partial charge is 0.338 e. The second kappa shape index (κ2) is 6.59. The molecule has 0 amide bonds. The third kappa shape index (κ3) is 3.14. The van der Waals surface area contributed by atoms with Crippen LogP contribution in [0.1, 0.15) is 54.7 Å². The van der Waals surface area contributed by atoms with E-state index >= 15 is 0 Å². The Bertz CT molecular complexity index is 860. The number of fused-ring (bicyclic) bond motifs is 1. The van der Waals surface area contributed by atoms with Crippen LogP contribution in [-0.4, -0.2) is 45.6 Å². The van der Waals surface area contributed by atoms with Crippen molar-refractivity contribution >= 4 is 16.9 Å². The van der Waals surface area contributed by atoms with E-state index in [1.807, 2.05) is 36.1 Å². The molecule has 1 aliphatic carbocycles. The monoisotopic (exact) mass is 376 g/mol. The molecule has 1 aliphatic heterocycles. The standard InChI is InChI=1S/C21H26F2N2O2/c1-13(15-7-9-16(10-8-15)24-11-21(22,23)12-24)25-14(2)19(20(26)27)17-5-3-4-6-18(17)25/h3-6,13,15-16H,7-12H2,1-2H3,(H,26,27). The number of likely N-dealkylation sites (tertiary alicyclic amines) is 1. The molecular formula is C21H26F2N2O2. The molecule has 4 rings (SSSR count). The first-order chi connectivity index (χ1) is 12.8. The molecular weight excluding hydrogens is 350 g/mol. The number of aromatic nitrogens is 1. The van der Waals surface area contributed by atoms with Crippen LogP contribution in [0.5, 0.6) is 0 Å². The summed E-state index contributed by atoms with van der Waals surface area (Å²) >= 11 is 0. The van der Waals surface area contributed by atoms with Crippen LogP contribution in [-0.2, 0) is 0 Å². The van der Waals surface area contributed by atoms with Crippen LogP contribution in [0.3, 0.4) is 0 Å². The van der Waals surface area contributed by atoms with E-state index < -0.39 is 11.9 Å². The van der Waals surface area contributed by atoms with Gasteiger partial charge < -0.3 is 9.67 Å². The number of rotatable bonds is 4. The number of alkyl halides is 2. The Hall–Kier alpha value is -1.95. The normalized spacial score (nSPS) is 26.7. The van der Waals surface area contributed by atoms with Crippen LogP contribution in [0.15, 0.2) is 24.3 Å². The number of carboxylic acids is 1. The minimum absolute atomic E-state index is 0.0960. The Morgan fingerprint density at radius 3 is 2.41 bits per heavy atom. The topological polar surface area (TPSA) is 45.5 Å². The van der Waals surface area contributed by atoms with Gasteiger partial charge in [0.25, 0.3) is 5.92 Å². The second-order valence-corrected chi connectivity index (χ2v) is 8.22. The zero-order valence-electron chi connectivity index (χ0n) is 15.8. The zero-order valence-corrected chi connectivity index (χ0v) is 15.8. The Kier molecular flexibility index (Phi) is 4.49. The molecule has 1 aromatic carbocycles. The number of para-hydroxylation sites is 1. The Balaban J connectivity index is 1.53. The number of hydrogen-bond acceptors (Lipinski definition) is 2. The van der Waals surface area contributed by atoms with Gasteiger partial charge in [-0.15, -0.1) is 0 Å². The van der Waals surface area contributed by atoms with Crippen molar-refractivity contribution in [3.8, 4) is 0 Å². The summed E-state index contributed by atoms with van der Waals surface area (Å²) in [5.41, 5.74) is 2.14. The van der Waals surface area contributed by atoms with Crippen LogP contribution >= 0.6 is 0 Å². The number of carboxylic acid groups (broad SMARTS) is 1. The molecule has 27 heavy (non-hydrogen) atoms. The van der Waals surface area contributed by atoms with Crippen LogP contribution in [0.4, 0.5) is 8.78 Å². The summed E-state index contributed by atoms with van der Waals surface area (Å²) in [4.78, 5) is 13.7. The molecule has 4 nitrogen and oxygen atoms in total. The molecule has 0 bridgehead atoms. The van der Waals surface area contributed by atoms with E-state index in [1.54, 1.807) is 0 Å². The van der Waals surface area contributed by atoms with Gasteiger partial charge in [-0.05, 0) is 51.5 Å². The van der Waals surface area contributed by atoms with Crippen molar-refractivity contribution < 1.29 is 18.7 Å². The number of hydrogen-bond donors (Lipinski definition) is 1. The Morgan fingerprint density at radius 1 is 1.19 bits per heavy atom. The summed E-state index contributed by atoms with van der Waals surface area (Å²) in [5.74, 6) is -2.96. The second-order valence-electron chi connectivity index (χ2n) is 8.22. The molecule has 1 atom stereocenters. The van der Waals surface area contributed by atoms with Gasteiger partial charge in [0.1, 0.15) is 0 Å². The predicted octanol–water partition coefficient (Wildman–Crippen LogP) is 4.72. The number of carbonyl (C=O) groups is 1. The lowest BCUT2D eigenvalue weighted by molar-refractivity contribution is -0.151. The fourth-order valence-corrected chi connectivity index (χ4v) is 5.15. The summed E-state index contributed by atoms with van der Waals surface area (Å²) in [7, 11) is 0. The van der Waals surface area contributed by atoms with Gasteiger partial charge in [-0.1, -0.05) is 18.2 Å². The van der Waals surface area contributed by atoms with Crippen molar-refractivity contribution in [3.05, 3.63) is 35.5 Å². The lowest BCUT2D eigenvalue weighted by Gasteiger charge is -2.46. The average Bonchev–Trinajstić information content (AvgIpc) is 2.91. The number of nitrogens with zero attached hydrogens (tertiary/aromatic N) is 2. The number of aromatic carboxylic acids is 1. The van der Waals surface area contributed by atoms with Gasteiger partial charge in [0.2, 0.25) is 0 Å². The minimum atomic E-state index is -2.50. The maximum Gasteiger partial charge on any atom is 0.338 e. The van der Waals surface area contributed by atoms with E-state index in [9.17, 15) is 18.7 Å². The number of halogens is 2. The highest BCUT2D eigenvalue weighted by Gasteiger charge is 2.47. The summed E-state index contributed by atoms with van der Waals surface area (Å²) in [6.45, 7) is 3.85. The fraction of sp³-hybridized carbons (Fsp3) is 0.571. The van der Waals surface area contributed by atoms with E-state index in [-0.39, 0.29) is 25.2 Å². The molecule has 1 saturated heterocycles. The Labute approximate surface area is 157 Å². The van der Waals surface area contributed by atoms with Crippen molar-refractivity contribution in [1.29, 1.82) is 0 Å². The van der Waals surface area contributed by atoms with Crippen LogP contribution in [0, 0.1) is 12.8 Å². The van der Waals surface area contributed by atoms with Crippen LogP contribution in [0.25, 0.3) is 10.9 Å². The van der Waals surface area contributed by atoms with Crippen molar-refractivity contribution in [2.45, 2.75) is 57.5 Å². The van der Waals surface area contributed by atoms with E-state index in [4.69, 9.17) is 0 Å². The lowest BCUT2D eigenvalue weighted by atomic mass is 9.80. The lowest BCUT2D eigenvalue weighted by Crippen LogP contribution is -2.60. The minimum Gasteiger partial charge on any atom is -0.478 e. The van der Waals surface area contributed by atoms with Gasteiger partial charge in [0, 0.05) is 28.7 Å². The first kappa shape index (κ1) is 18.4. The highest BCUT2D eigenvalue weighted by atomic mass is 19.3. The van der Waals surface area contributed by atoms with Crippen molar-refractivity contribution in [3.63, 3.8) is 0 Å². The van der Waals surface area contributed by atoms with Gasteiger partial charge in [0.05, 0.1) is 18.7 Å². The first-order valence-electron chi connectivity index (χ1n) is 9.73. The van der Waals surface area contributed by atoms with Crippen molar-refractivity contribution in [1.82, 2.24) is 9.47 Å². The van der Waals surface area contributed by atoms with Crippen molar-refractivity contribution in [2.24, 2.45) is 5.92 Å². The molecule has 1 aromatic heterocycles. The zero-order chi connectivity index (χ0) is 19.3. The summed E-state index contributed by atoms with van der Waals surface area (Å²) in [5, 5.41) is 10.4. The first-order valence-corrected chi connectivity index (χ1v) is 9.73. The quantitative estimate of drug-likeness (QED) is 0.840. The molecule has 1 unspecified atom stereocenters. The summed E-state index contributed by atoms with van der Waals surface area (Å²) in [6, 6.07) is 8.12. The fourth-order valence-electron chi connectivity index (χ4n) is 5.15. The molecule has 146 valence electrons. The molecule has 2 aliphatic rings. The van der Waals surface area contributed by atoms with Gasteiger partial charge >= 0.3 is 5.97 Å². The molecule has 1 N–H and O–H groups in total. The van der Waals surface area contributed by atoms with Crippen LogP contribution in [0.2, 0.25) is 0 Å². The third-order valence-corrected chi connectivity index (χ3v) is 6.59. The van der Waals surface area contributed by atoms with E-state index in [2.05, 4.69) is 11.5 Å². The van der Waals surface area contributed by atoms with E-state index in [0.717, 1.165) is 42.3 Å². The molecule has 0 spiro atoms. The molecule has 6 heteroatoms. The molecule has 1 saturated carbocycles. The van der Waals surface area contributed by atoms with E-state index in [0.29, 0.717) is 11.5 Å². The van der Waals surface area contributed by atoms with Gasteiger partial charge in [-0.2, -0.15) is 0 Å². The van der Waals surface area contributed by atoms with Crippen molar-refractivity contribution in [2.75, 3.05) is 13.1 Å². The van der Waals surface area contributed by atoms with Gasteiger partial charge in [0.15, 0.2) is 0 Å². The summed E-state index contributed by atoms with van der Waals surface area (Å²) in [6.07, 6.45) is 3.86. The Morgan fingerprint density at radius 2 is 1.81 bits per heavy atom. The third-order valence-electron chi connectivity index (χ3n) is 6.59. The molecule has 2 fully saturated rings. The highest BCUT2D eigenvalue weighted by Crippen LogP contribution is 2.40. The predicted molar refractivity (Wildman–Crippen MR) is 101 cm³/mol. The number of benzene rings is 1.